The largest absolute Gasteiger partial charge is 0.396 e. The van der Waals surface area contributed by atoms with E-state index in [9.17, 15) is 9.13 Å². The molecule has 4 atom stereocenters. The number of aliphatic hydroxyl groups is 2. The van der Waals surface area contributed by atoms with Crippen LogP contribution < -0.4 is 0 Å². The summed E-state index contributed by atoms with van der Waals surface area (Å²) in [6, 6.07) is 0. The molecule has 4 rings (SSSR count). The maximum atomic E-state index is 11.2. The molecule has 0 bridgehead atoms. The Morgan fingerprint density at radius 1 is 0.667 bits per heavy atom. The van der Waals surface area contributed by atoms with Crippen LogP contribution in [0.15, 0.2) is 46.2 Å². The Balaban J connectivity index is 0.000000245. The van der Waals surface area contributed by atoms with Crippen LogP contribution in [0.1, 0.15) is 25.7 Å². The van der Waals surface area contributed by atoms with Crippen molar-refractivity contribution in [1.29, 1.82) is 0 Å². The van der Waals surface area contributed by atoms with E-state index >= 15 is 0 Å². The highest BCUT2D eigenvalue weighted by Gasteiger charge is 2.31. The Hall–Kier alpha value is -0.480. The van der Waals surface area contributed by atoms with Crippen molar-refractivity contribution in [3.8, 4) is 0 Å². The predicted molar refractivity (Wildman–Crippen MR) is 153 cm³/mol. The lowest BCUT2D eigenvalue weighted by Crippen LogP contribution is -1.96. The van der Waals surface area contributed by atoms with Crippen LogP contribution in [0.25, 0.3) is 0 Å². The number of ether oxygens (including phenoxy) is 2. The average molecular weight is 528 g/mol. The molecule has 2 N–H and O–H groups in total. The van der Waals surface area contributed by atoms with Crippen molar-refractivity contribution in [3.05, 3.63) is 46.2 Å². The van der Waals surface area contributed by atoms with Crippen LogP contribution in [0.4, 0.5) is 0 Å². The lowest BCUT2D eigenvalue weighted by atomic mass is 10.1. The Labute approximate surface area is 222 Å². The lowest BCUT2D eigenvalue weighted by Gasteiger charge is -2.05. The van der Waals surface area contributed by atoms with Gasteiger partial charge < -0.3 is 28.8 Å². The van der Waals surface area contributed by atoms with E-state index < -0.39 is 14.3 Å². The van der Waals surface area contributed by atoms with Crippen molar-refractivity contribution >= 4 is 45.7 Å². The monoisotopic (exact) mass is 528 g/mol. The zero-order valence-electron chi connectivity index (χ0n) is 22.0. The maximum absolute atomic E-state index is 11.2. The highest BCUT2D eigenvalue weighted by atomic mass is 31.2. The van der Waals surface area contributed by atoms with Gasteiger partial charge in [-0.3, -0.25) is 0 Å². The molecule has 4 unspecified atom stereocenters. The minimum Gasteiger partial charge on any atom is -0.396 e. The van der Waals surface area contributed by atoms with Gasteiger partial charge in [-0.15, -0.1) is 23.9 Å². The van der Waals surface area contributed by atoms with E-state index in [1.807, 2.05) is 0 Å². The topological polar surface area (TPSA) is 93.1 Å². The van der Waals surface area contributed by atoms with Crippen molar-refractivity contribution in [3.63, 3.8) is 0 Å². The van der Waals surface area contributed by atoms with Gasteiger partial charge in [0.15, 0.2) is 0 Å². The quantitative estimate of drug-likeness (QED) is 0.373. The van der Waals surface area contributed by atoms with Gasteiger partial charge in [-0.05, 0) is 39.5 Å². The second kappa shape index (κ2) is 15.8. The fourth-order valence-electron chi connectivity index (χ4n) is 2.75. The molecule has 0 aromatic heterocycles. The van der Waals surface area contributed by atoms with Crippen molar-refractivity contribution in [2.24, 2.45) is 11.8 Å². The van der Waals surface area contributed by atoms with E-state index in [0.29, 0.717) is 24.5 Å². The van der Waals surface area contributed by atoms with Crippen molar-refractivity contribution in [2.75, 3.05) is 52.6 Å². The average Bonchev–Trinajstić information content (AvgIpc) is 3.70. The zero-order valence-corrected chi connectivity index (χ0v) is 23.8. The summed E-state index contributed by atoms with van der Waals surface area (Å²) in [6.45, 7) is 7.43. The van der Waals surface area contributed by atoms with E-state index in [1.165, 1.54) is 11.1 Å². The molecule has 4 aliphatic rings. The SMILES string of the molecule is [B]/C=C1/CC1CO.[B]/C=C1/CC1OCP(C)(C)=O.[B]/C=C1\CC1CO.[B]/C=C1\CC1OCP(C)(C)=O. The van der Waals surface area contributed by atoms with Crippen LogP contribution in [0.3, 0.4) is 0 Å². The Bertz CT molecular complexity index is 848. The van der Waals surface area contributed by atoms with Gasteiger partial charge in [0.25, 0.3) is 0 Å². The molecule has 6 nitrogen and oxygen atoms in total. The van der Waals surface area contributed by atoms with Gasteiger partial charge in [0, 0.05) is 37.9 Å². The van der Waals surface area contributed by atoms with Gasteiger partial charge in [0.2, 0.25) is 0 Å². The van der Waals surface area contributed by atoms with E-state index in [-0.39, 0.29) is 25.4 Å². The Morgan fingerprint density at radius 2 is 0.972 bits per heavy atom. The van der Waals surface area contributed by atoms with Crippen molar-refractivity contribution < 1.29 is 28.8 Å². The van der Waals surface area contributed by atoms with Gasteiger partial charge >= 0.3 is 0 Å². The number of hydrogen-bond donors (Lipinski definition) is 2. The molecule has 192 valence electrons. The highest BCUT2D eigenvalue weighted by molar-refractivity contribution is 7.62. The Kier molecular flexibility index (Phi) is 14.7. The van der Waals surface area contributed by atoms with Gasteiger partial charge in [-0.2, -0.15) is 0 Å². The van der Waals surface area contributed by atoms with Gasteiger partial charge in [-0.25, -0.2) is 0 Å². The minimum atomic E-state index is -2.01. The van der Waals surface area contributed by atoms with E-state index in [2.05, 4.69) is 0 Å². The van der Waals surface area contributed by atoms with Crippen LogP contribution in [-0.4, -0.2) is 106 Å². The molecule has 0 aromatic carbocycles. The van der Waals surface area contributed by atoms with E-state index in [0.717, 1.165) is 36.8 Å². The molecular weight excluding hydrogens is 489 g/mol. The van der Waals surface area contributed by atoms with Gasteiger partial charge in [0.1, 0.15) is 45.7 Å². The second-order valence-corrected chi connectivity index (χ2v) is 17.1. The molecule has 8 radical (unpaired) electrons. The summed E-state index contributed by atoms with van der Waals surface area (Å²) in [4.78, 5) is 0. The smallest absolute Gasteiger partial charge is 0.106 e. The molecule has 4 aliphatic carbocycles. The number of rotatable bonds is 8. The molecule has 4 fully saturated rings. The normalized spacial score (nSPS) is 29.9. The van der Waals surface area contributed by atoms with E-state index in [1.54, 1.807) is 50.6 Å². The van der Waals surface area contributed by atoms with Crippen molar-refractivity contribution in [2.45, 2.75) is 37.9 Å². The molecule has 0 aliphatic heterocycles. The first-order chi connectivity index (χ1) is 16.8. The first-order valence-corrected chi connectivity index (χ1v) is 17.5. The number of aliphatic hydroxyl groups excluding tert-OH is 2. The summed E-state index contributed by atoms with van der Waals surface area (Å²) in [5, 5.41) is 16.8. The first kappa shape index (κ1) is 33.5. The lowest BCUT2D eigenvalue weighted by molar-refractivity contribution is 0.170. The second-order valence-electron chi connectivity index (χ2n) is 10.3. The molecule has 36 heavy (non-hydrogen) atoms. The van der Waals surface area contributed by atoms with Crippen LogP contribution >= 0.6 is 14.3 Å². The standard InChI is InChI=1S/2C7H12BO2P.2C5H7BO/c2*1-11(2,9)5-10-7-3-6(7)4-8;2*6-2-4-1-5(4)3-7/h2*4,7H,3,5H2,1-2H3;2*2,5,7H,1,3H2/b6-4+;6-4-;4-2+;4-2-. The summed E-state index contributed by atoms with van der Waals surface area (Å²) in [5.41, 5.74) is 4.64. The van der Waals surface area contributed by atoms with Crippen LogP contribution in [0.2, 0.25) is 0 Å². The summed E-state index contributed by atoms with van der Waals surface area (Å²) in [7, 11) is 16.7. The molecule has 0 spiro atoms. The van der Waals surface area contributed by atoms with Crippen LogP contribution in [0, 0.1) is 11.8 Å². The fourth-order valence-corrected chi connectivity index (χ4v) is 3.83. The van der Waals surface area contributed by atoms with Crippen molar-refractivity contribution in [1.82, 2.24) is 0 Å². The molecule has 0 amide bonds. The molecule has 0 saturated heterocycles. The van der Waals surface area contributed by atoms with Crippen LogP contribution in [-0.2, 0) is 18.6 Å². The third kappa shape index (κ3) is 15.7. The fraction of sp³-hybridized carbons (Fsp3) is 0.667. The Morgan fingerprint density at radius 3 is 1.11 bits per heavy atom. The minimum absolute atomic E-state index is 0.160. The third-order valence-corrected chi connectivity index (χ3v) is 7.05. The summed E-state index contributed by atoms with van der Waals surface area (Å²) < 4.78 is 33.0. The molecule has 4 saturated carbocycles. The zero-order chi connectivity index (χ0) is 27.5. The van der Waals surface area contributed by atoms with E-state index in [4.69, 9.17) is 51.1 Å². The molecule has 0 aromatic rings. The summed E-state index contributed by atoms with van der Waals surface area (Å²) in [6.07, 6.45) is 4.90. The van der Waals surface area contributed by atoms with Gasteiger partial charge in [0.05, 0.1) is 24.9 Å². The molecule has 12 heteroatoms. The highest BCUT2D eigenvalue weighted by Crippen LogP contribution is 2.41. The third-order valence-electron chi connectivity index (χ3n) is 5.51. The molecular formula is C24H38B4O6P2. The predicted octanol–water partition coefficient (Wildman–Crippen LogP) is 2.92. The summed E-state index contributed by atoms with van der Waals surface area (Å²) >= 11 is 0. The van der Waals surface area contributed by atoms with Gasteiger partial charge in [-0.1, -0.05) is 22.3 Å². The van der Waals surface area contributed by atoms with Crippen LogP contribution in [0.5, 0.6) is 0 Å². The first-order valence-electron chi connectivity index (χ1n) is 12.0. The summed E-state index contributed by atoms with van der Waals surface area (Å²) in [5.74, 6) is 7.12. The maximum Gasteiger partial charge on any atom is 0.106 e. The molecule has 0 heterocycles. The number of hydrogen-bond acceptors (Lipinski definition) is 6.